The number of para-hydroxylation sites is 1. The molecule has 0 radical (unpaired) electrons. The molecule has 4 heterocycles. The lowest BCUT2D eigenvalue weighted by atomic mass is 10.0. The first-order chi connectivity index (χ1) is 16.2. The van der Waals surface area contributed by atoms with E-state index < -0.39 is 30.9 Å². The van der Waals surface area contributed by atoms with Crippen molar-refractivity contribution in [2.45, 2.75) is 50.1 Å². The summed E-state index contributed by atoms with van der Waals surface area (Å²) in [6.45, 7) is 0.574. The molecule has 1 aromatic carbocycles. The van der Waals surface area contributed by atoms with Crippen LogP contribution in [-0.2, 0) is 11.2 Å². The van der Waals surface area contributed by atoms with Gasteiger partial charge in [0.05, 0.1) is 23.6 Å². The third-order valence-corrected chi connectivity index (χ3v) is 6.86. The molecule has 34 heavy (non-hydrogen) atoms. The van der Waals surface area contributed by atoms with Crippen LogP contribution in [-0.4, -0.2) is 47.5 Å². The highest BCUT2D eigenvalue weighted by molar-refractivity contribution is 5.95. The third kappa shape index (κ3) is 3.60. The normalized spacial score (nSPS) is 25.9. The summed E-state index contributed by atoms with van der Waals surface area (Å²) in [5, 5.41) is 12.9. The fraction of sp³-hybridized carbons (Fsp3) is 0.500. The van der Waals surface area contributed by atoms with E-state index in [9.17, 15) is 22.4 Å². The number of benzene rings is 1. The zero-order chi connectivity index (χ0) is 23.7. The van der Waals surface area contributed by atoms with Gasteiger partial charge in [0.15, 0.2) is 11.3 Å². The van der Waals surface area contributed by atoms with E-state index in [-0.39, 0.29) is 51.9 Å². The second-order valence-electron chi connectivity index (χ2n) is 9.28. The molecule has 0 unspecified atom stereocenters. The number of furan rings is 1. The van der Waals surface area contributed by atoms with Crippen LogP contribution in [0.5, 0.6) is 0 Å². The maximum absolute atomic E-state index is 14.1. The average Bonchev–Trinajstić information content (AvgIpc) is 3.11. The van der Waals surface area contributed by atoms with Crippen molar-refractivity contribution >= 4 is 22.6 Å². The van der Waals surface area contributed by atoms with E-state index in [1.165, 1.54) is 6.07 Å². The summed E-state index contributed by atoms with van der Waals surface area (Å²) >= 11 is 0. The monoisotopic (exact) mass is 479 g/mol. The van der Waals surface area contributed by atoms with Crippen LogP contribution in [0, 0.1) is 5.41 Å². The summed E-state index contributed by atoms with van der Waals surface area (Å²) in [7, 11) is 0. The van der Waals surface area contributed by atoms with Crippen molar-refractivity contribution in [1.29, 1.82) is 0 Å². The van der Waals surface area contributed by atoms with E-state index in [1.807, 2.05) is 0 Å². The summed E-state index contributed by atoms with van der Waals surface area (Å²) in [5.41, 5.74) is 0.0255. The molecule has 0 bridgehead atoms. The van der Waals surface area contributed by atoms with Gasteiger partial charge in [-0.3, -0.25) is 4.79 Å². The lowest BCUT2D eigenvalue weighted by molar-refractivity contribution is -0.127. The number of anilines is 1. The van der Waals surface area contributed by atoms with Crippen molar-refractivity contribution in [2.24, 2.45) is 5.41 Å². The minimum absolute atomic E-state index is 0.0676. The Labute approximate surface area is 190 Å². The van der Waals surface area contributed by atoms with Gasteiger partial charge in [-0.2, -0.15) is 18.2 Å². The van der Waals surface area contributed by atoms with Gasteiger partial charge in [-0.25, -0.2) is 4.39 Å². The molecule has 1 spiro atoms. The number of fused-ring (bicyclic) bond motifs is 1. The zero-order valence-electron chi connectivity index (χ0n) is 17.8. The number of nitrogens with zero attached hydrogens (tertiary/aromatic N) is 2. The average molecular weight is 479 g/mol. The Hall–Kier alpha value is -3.15. The number of nitrogens with one attached hydrogen (secondary N) is 3. The van der Waals surface area contributed by atoms with Crippen LogP contribution < -0.4 is 16.0 Å². The van der Waals surface area contributed by atoms with Gasteiger partial charge >= 0.3 is 6.18 Å². The third-order valence-electron chi connectivity index (χ3n) is 6.86. The number of halogens is 4. The van der Waals surface area contributed by atoms with Crippen molar-refractivity contribution in [2.75, 3.05) is 18.4 Å². The van der Waals surface area contributed by atoms with Gasteiger partial charge in [-0.15, -0.1) is 0 Å². The van der Waals surface area contributed by atoms with Crippen molar-refractivity contribution < 1.29 is 31.3 Å². The van der Waals surface area contributed by atoms with Crippen LogP contribution >= 0.6 is 0 Å². The molecular formula is C22H21F4N5O3. The van der Waals surface area contributed by atoms with Gasteiger partial charge in [0, 0.05) is 24.0 Å². The molecule has 1 aliphatic carbocycles. The molecule has 8 nitrogen and oxygen atoms in total. The number of carbonyl (C=O) groups excluding carboxylic acids is 1. The predicted octanol–water partition coefficient (Wildman–Crippen LogP) is 3.65. The molecule has 2 aromatic heterocycles. The second kappa shape index (κ2) is 7.42. The number of hydrogen-bond donors (Lipinski definition) is 3. The highest BCUT2D eigenvalue weighted by atomic mass is 19.4. The number of carbonyl (C=O) groups is 1. The Kier molecular flexibility index (Phi) is 4.67. The molecule has 3 fully saturated rings. The maximum atomic E-state index is 14.1. The first-order valence-corrected chi connectivity index (χ1v) is 11.1. The zero-order valence-corrected chi connectivity index (χ0v) is 17.8. The van der Waals surface area contributed by atoms with Crippen LogP contribution in [0.2, 0.25) is 0 Å². The minimum Gasteiger partial charge on any atom is -0.450 e. The first-order valence-electron chi connectivity index (χ1n) is 11.1. The van der Waals surface area contributed by atoms with E-state index >= 15 is 0 Å². The number of rotatable bonds is 5. The molecule has 3 atom stereocenters. The summed E-state index contributed by atoms with van der Waals surface area (Å²) < 4.78 is 65.8. The smallest absolute Gasteiger partial charge is 0.393 e. The molecule has 3 aliphatic rings. The molecule has 1 amide bonds. The predicted molar refractivity (Wildman–Crippen MR) is 112 cm³/mol. The standard InChI is InChI=1S/C22H21F4N5O3/c23-12-8-27-9-15(12)28-13-3-1-2-10-11(6-22(24,25)26)17(33-16(10)13)18-30-19(34-31-18)14-7-21(4-5-21)20(32)29-14/h1-3,12,14-15,27-28H,4-9H2,(H,29,32)/t12-,14+,15+/m0/s1. The van der Waals surface area contributed by atoms with E-state index in [1.54, 1.807) is 12.1 Å². The van der Waals surface area contributed by atoms with E-state index in [0.29, 0.717) is 18.7 Å². The fourth-order valence-electron chi connectivity index (χ4n) is 4.87. The topological polar surface area (TPSA) is 105 Å². The maximum Gasteiger partial charge on any atom is 0.393 e. The summed E-state index contributed by atoms with van der Waals surface area (Å²) in [4.78, 5) is 16.4. The highest BCUT2D eigenvalue weighted by Crippen LogP contribution is 2.55. The Balaban J connectivity index is 1.39. The summed E-state index contributed by atoms with van der Waals surface area (Å²) in [6.07, 6.45) is -4.82. The lowest BCUT2D eigenvalue weighted by Crippen LogP contribution is -2.29. The molecule has 1 saturated carbocycles. The van der Waals surface area contributed by atoms with Gasteiger partial charge in [0.1, 0.15) is 12.2 Å². The van der Waals surface area contributed by atoms with Gasteiger partial charge in [-0.1, -0.05) is 17.3 Å². The number of hydrogen-bond acceptors (Lipinski definition) is 7. The Morgan fingerprint density at radius 3 is 2.74 bits per heavy atom. The largest absolute Gasteiger partial charge is 0.450 e. The van der Waals surface area contributed by atoms with Crippen LogP contribution in [0.15, 0.2) is 27.1 Å². The van der Waals surface area contributed by atoms with Crippen LogP contribution in [0.1, 0.15) is 36.8 Å². The van der Waals surface area contributed by atoms with Crippen molar-refractivity contribution in [3.8, 4) is 11.6 Å². The minimum atomic E-state index is -4.52. The lowest BCUT2D eigenvalue weighted by Gasteiger charge is -2.15. The number of aromatic nitrogens is 2. The molecular weight excluding hydrogens is 458 g/mol. The Morgan fingerprint density at radius 1 is 1.24 bits per heavy atom. The van der Waals surface area contributed by atoms with Crippen LogP contribution in [0.25, 0.3) is 22.6 Å². The molecule has 2 aliphatic heterocycles. The van der Waals surface area contributed by atoms with Crippen molar-refractivity contribution in [1.82, 2.24) is 20.8 Å². The Morgan fingerprint density at radius 2 is 2.06 bits per heavy atom. The second-order valence-corrected chi connectivity index (χ2v) is 9.28. The molecule has 6 rings (SSSR count). The molecule has 3 aromatic rings. The van der Waals surface area contributed by atoms with Gasteiger partial charge in [-0.05, 0) is 25.3 Å². The van der Waals surface area contributed by atoms with E-state index in [2.05, 4.69) is 26.1 Å². The van der Waals surface area contributed by atoms with Crippen molar-refractivity contribution in [3.05, 3.63) is 29.7 Å². The van der Waals surface area contributed by atoms with Crippen molar-refractivity contribution in [3.63, 3.8) is 0 Å². The van der Waals surface area contributed by atoms with Gasteiger partial charge in [0.25, 0.3) is 0 Å². The molecule has 3 N–H and O–H groups in total. The SMILES string of the molecule is O=C1N[C@@H](c2nc(-c3oc4c(N[C@@H]5CNC[C@@H]5F)cccc4c3CC(F)(F)F)no2)CC12CC2. The molecule has 2 saturated heterocycles. The number of alkyl halides is 4. The van der Waals surface area contributed by atoms with Crippen LogP contribution in [0.4, 0.5) is 23.2 Å². The van der Waals surface area contributed by atoms with Gasteiger partial charge in [0.2, 0.25) is 17.6 Å². The summed E-state index contributed by atoms with van der Waals surface area (Å²) in [5.74, 6) is -0.236. The molecule has 180 valence electrons. The van der Waals surface area contributed by atoms with E-state index in [0.717, 1.165) is 12.8 Å². The summed E-state index contributed by atoms with van der Waals surface area (Å²) in [6, 6.07) is 3.71. The quantitative estimate of drug-likeness (QED) is 0.480. The van der Waals surface area contributed by atoms with E-state index in [4.69, 9.17) is 8.94 Å². The molecule has 12 heteroatoms. The van der Waals surface area contributed by atoms with Crippen LogP contribution in [0.3, 0.4) is 0 Å². The first kappa shape index (κ1) is 21.4. The number of amides is 1. The highest BCUT2D eigenvalue weighted by Gasteiger charge is 2.57. The fourth-order valence-corrected chi connectivity index (χ4v) is 4.87. The Bertz CT molecular complexity index is 1270. The van der Waals surface area contributed by atoms with Gasteiger partial charge < -0.3 is 24.9 Å².